The molecule has 8 heteroatoms. The zero-order valence-corrected chi connectivity index (χ0v) is 18.7. The average molecular weight is 455 g/mol. The van der Waals surface area contributed by atoms with Crippen LogP contribution < -0.4 is 5.32 Å². The smallest absolute Gasteiger partial charge is 0.407 e. The molecule has 1 aliphatic rings. The van der Waals surface area contributed by atoms with Crippen molar-refractivity contribution in [2.24, 2.45) is 5.92 Å². The Labute approximate surface area is 193 Å². The summed E-state index contributed by atoms with van der Waals surface area (Å²) in [7, 11) is 0. The number of ether oxygens (including phenoxy) is 1. The maximum absolute atomic E-state index is 12.8. The van der Waals surface area contributed by atoms with E-state index in [9.17, 15) is 14.4 Å². The maximum atomic E-state index is 12.8. The van der Waals surface area contributed by atoms with E-state index >= 15 is 0 Å². The predicted molar refractivity (Wildman–Crippen MR) is 123 cm³/mol. The van der Waals surface area contributed by atoms with E-state index in [1.807, 2.05) is 43.3 Å². The highest BCUT2D eigenvalue weighted by Gasteiger charge is 2.29. The van der Waals surface area contributed by atoms with Crippen LogP contribution >= 0.6 is 0 Å². The lowest BCUT2D eigenvalue weighted by molar-refractivity contribution is -0.146. The van der Waals surface area contributed by atoms with E-state index in [0.717, 1.165) is 27.2 Å². The van der Waals surface area contributed by atoms with Crippen LogP contribution in [0.25, 0.3) is 11.1 Å². The van der Waals surface area contributed by atoms with Crippen LogP contribution in [0.1, 0.15) is 36.8 Å². The first-order valence-electron chi connectivity index (χ1n) is 11.2. The van der Waals surface area contributed by atoms with Crippen molar-refractivity contribution in [2.75, 3.05) is 32.8 Å². The normalized spacial score (nSPS) is 13.0. The molecule has 1 atom stereocenters. The highest BCUT2D eigenvalue weighted by atomic mass is 16.5. The van der Waals surface area contributed by atoms with Crippen LogP contribution in [0.4, 0.5) is 4.79 Å². The molecule has 0 saturated heterocycles. The third-order valence-corrected chi connectivity index (χ3v) is 5.83. The Morgan fingerprint density at radius 3 is 2.21 bits per heavy atom. The van der Waals surface area contributed by atoms with E-state index in [1.165, 1.54) is 0 Å². The van der Waals surface area contributed by atoms with Gasteiger partial charge in [0, 0.05) is 19.0 Å². The van der Waals surface area contributed by atoms with Crippen molar-refractivity contribution in [3.8, 4) is 11.1 Å². The van der Waals surface area contributed by atoms with Crippen molar-refractivity contribution in [2.45, 2.75) is 25.7 Å². The minimum absolute atomic E-state index is 0.0326. The molecule has 0 heterocycles. The van der Waals surface area contributed by atoms with Gasteiger partial charge < -0.3 is 25.2 Å². The highest BCUT2D eigenvalue weighted by Crippen LogP contribution is 2.44. The summed E-state index contributed by atoms with van der Waals surface area (Å²) in [6, 6.07) is 16.1. The van der Waals surface area contributed by atoms with Crippen LogP contribution in [0, 0.1) is 5.92 Å². The number of hydrogen-bond donors (Lipinski definition) is 3. The number of alkyl carbamates (subject to hydrolysis) is 1. The van der Waals surface area contributed by atoms with Crippen molar-refractivity contribution >= 4 is 18.0 Å². The summed E-state index contributed by atoms with van der Waals surface area (Å²) in [4.78, 5) is 37.4. The highest BCUT2D eigenvalue weighted by molar-refractivity contribution is 5.84. The lowest BCUT2D eigenvalue weighted by Crippen LogP contribution is -2.45. The van der Waals surface area contributed by atoms with E-state index in [2.05, 4.69) is 17.4 Å². The summed E-state index contributed by atoms with van der Waals surface area (Å²) in [5.41, 5.74) is 4.49. The summed E-state index contributed by atoms with van der Waals surface area (Å²) in [6.07, 6.45) is 0.532. The molecule has 0 spiro atoms. The first-order chi connectivity index (χ1) is 16.0. The number of carbonyl (C=O) groups is 3. The first-order valence-corrected chi connectivity index (χ1v) is 11.2. The quantitative estimate of drug-likeness (QED) is 0.481. The molecule has 3 rings (SSSR count). The van der Waals surface area contributed by atoms with Crippen molar-refractivity contribution in [1.82, 2.24) is 10.2 Å². The molecule has 8 nitrogen and oxygen atoms in total. The van der Waals surface area contributed by atoms with Gasteiger partial charge in [0.1, 0.15) is 13.2 Å². The van der Waals surface area contributed by atoms with Crippen LogP contribution in [-0.2, 0) is 14.3 Å². The number of aliphatic hydroxyl groups is 1. The maximum Gasteiger partial charge on any atom is 0.407 e. The molecule has 2 aromatic carbocycles. The first kappa shape index (κ1) is 24.3. The SMILES string of the molecule is CCCC(CNC(=O)OCC1c2ccccc2-c2ccccc21)C(=O)N(CCO)CC(=O)O. The Hall–Kier alpha value is -3.39. The number of nitrogens with zero attached hydrogens (tertiary/aromatic N) is 1. The van der Waals surface area contributed by atoms with Crippen LogP contribution in [0.15, 0.2) is 48.5 Å². The molecule has 176 valence electrons. The number of carboxylic acid groups (broad SMARTS) is 1. The second kappa shape index (κ2) is 11.5. The van der Waals surface area contributed by atoms with Gasteiger partial charge in [-0.05, 0) is 28.7 Å². The summed E-state index contributed by atoms with van der Waals surface area (Å²) in [5, 5.41) is 20.9. The largest absolute Gasteiger partial charge is 0.480 e. The van der Waals surface area contributed by atoms with Gasteiger partial charge in [-0.2, -0.15) is 0 Å². The molecule has 0 saturated carbocycles. The van der Waals surface area contributed by atoms with Gasteiger partial charge in [0.25, 0.3) is 0 Å². The Kier molecular flexibility index (Phi) is 8.43. The average Bonchev–Trinajstić information content (AvgIpc) is 3.13. The molecule has 2 amide bonds. The van der Waals surface area contributed by atoms with Crippen LogP contribution in [0.5, 0.6) is 0 Å². The lowest BCUT2D eigenvalue weighted by Gasteiger charge is -2.25. The minimum atomic E-state index is -1.16. The number of hydrogen-bond acceptors (Lipinski definition) is 5. The molecule has 0 aliphatic heterocycles. The van der Waals surface area contributed by atoms with Gasteiger partial charge in [-0.25, -0.2) is 4.79 Å². The fourth-order valence-electron chi connectivity index (χ4n) is 4.33. The molecule has 0 fully saturated rings. The Bertz CT molecular complexity index is 947. The van der Waals surface area contributed by atoms with Gasteiger partial charge >= 0.3 is 12.1 Å². The molecule has 3 N–H and O–H groups in total. The monoisotopic (exact) mass is 454 g/mol. The van der Waals surface area contributed by atoms with Gasteiger partial charge in [0.2, 0.25) is 5.91 Å². The Morgan fingerprint density at radius 1 is 1.06 bits per heavy atom. The van der Waals surface area contributed by atoms with E-state index in [-0.39, 0.29) is 32.2 Å². The molecule has 2 aromatic rings. The van der Waals surface area contributed by atoms with Crippen LogP contribution in [0.3, 0.4) is 0 Å². The molecule has 33 heavy (non-hydrogen) atoms. The van der Waals surface area contributed by atoms with Crippen molar-refractivity contribution in [3.05, 3.63) is 59.7 Å². The number of fused-ring (bicyclic) bond motifs is 3. The second-order valence-electron chi connectivity index (χ2n) is 8.07. The Balaban J connectivity index is 1.60. The van der Waals surface area contributed by atoms with Gasteiger partial charge in [0.15, 0.2) is 0 Å². The number of aliphatic carboxylic acids is 1. The number of benzene rings is 2. The van der Waals surface area contributed by atoms with Crippen LogP contribution in [0.2, 0.25) is 0 Å². The minimum Gasteiger partial charge on any atom is -0.480 e. The van der Waals surface area contributed by atoms with Gasteiger partial charge in [0.05, 0.1) is 12.5 Å². The summed E-state index contributed by atoms with van der Waals surface area (Å²) >= 11 is 0. The van der Waals surface area contributed by atoms with E-state index in [0.29, 0.717) is 12.8 Å². The molecular weight excluding hydrogens is 424 g/mol. The van der Waals surface area contributed by atoms with Gasteiger partial charge in [-0.3, -0.25) is 9.59 Å². The third kappa shape index (κ3) is 5.90. The Morgan fingerprint density at radius 2 is 1.67 bits per heavy atom. The van der Waals surface area contributed by atoms with Crippen molar-refractivity contribution < 1.29 is 29.3 Å². The van der Waals surface area contributed by atoms with Gasteiger partial charge in [-0.15, -0.1) is 0 Å². The molecule has 0 aromatic heterocycles. The predicted octanol–water partition coefficient (Wildman–Crippen LogP) is 2.85. The molecular formula is C25H30N2O6. The topological polar surface area (TPSA) is 116 Å². The zero-order chi connectivity index (χ0) is 23.8. The van der Waals surface area contributed by atoms with E-state index in [4.69, 9.17) is 14.9 Å². The molecule has 1 aliphatic carbocycles. The molecule has 0 radical (unpaired) electrons. The zero-order valence-electron chi connectivity index (χ0n) is 18.7. The summed E-state index contributed by atoms with van der Waals surface area (Å²) in [6.45, 7) is 1.20. The fraction of sp³-hybridized carbons (Fsp3) is 0.400. The molecule has 1 unspecified atom stereocenters. The van der Waals surface area contributed by atoms with E-state index < -0.39 is 30.4 Å². The number of nitrogens with one attached hydrogen (secondary N) is 1. The third-order valence-electron chi connectivity index (χ3n) is 5.83. The number of amides is 2. The lowest BCUT2D eigenvalue weighted by atomic mass is 9.98. The molecule has 0 bridgehead atoms. The standard InChI is InChI=1S/C25H30N2O6/c1-2-7-17(24(31)27(12-13-28)15-23(29)30)14-26-25(32)33-16-22-20-10-5-3-8-18(20)19-9-4-6-11-21(19)22/h3-6,8-11,17,22,28H,2,7,12-16H2,1H3,(H,26,32)(H,29,30). The van der Waals surface area contributed by atoms with Gasteiger partial charge in [-0.1, -0.05) is 61.9 Å². The number of carboxylic acids is 1. The fourth-order valence-corrected chi connectivity index (χ4v) is 4.33. The number of aliphatic hydroxyl groups excluding tert-OH is 1. The second-order valence-corrected chi connectivity index (χ2v) is 8.07. The summed E-state index contributed by atoms with van der Waals surface area (Å²) < 4.78 is 5.51. The van der Waals surface area contributed by atoms with Crippen LogP contribution in [-0.4, -0.2) is 65.9 Å². The van der Waals surface area contributed by atoms with Crippen molar-refractivity contribution in [1.29, 1.82) is 0 Å². The number of rotatable bonds is 11. The summed E-state index contributed by atoms with van der Waals surface area (Å²) in [5.74, 6) is -2.22. The van der Waals surface area contributed by atoms with E-state index in [1.54, 1.807) is 0 Å². The van der Waals surface area contributed by atoms with Crippen molar-refractivity contribution in [3.63, 3.8) is 0 Å². The number of carbonyl (C=O) groups excluding carboxylic acids is 2.